The molecule has 0 aliphatic heterocycles. The van der Waals surface area contributed by atoms with Crippen molar-refractivity contribution in [2.75, 3.05) is 5.32 Å². The average Bonchev–Trinajstić information content (AvgIpc) is 2.65. The summed E-state index contributed by atoms with van der Waals surface area (Å²) in [6.07, 6.45) is 1.65. The maximum Gasteiger partial charge on any atom is 0.291 e. The van der Waals surface area contributed by atoms with Gasteiger partial charge in [0.15, 0.2) is 5.78 Å². The molecule has 0 atom stereocenters. The van der Waals surface area contributed by atoms with Gasteiger partial charge in [-0.25, -0.2) is 9.07 Å². The van der Waals surface area contributed by atoms with Crippen molar-refractivity contribution in [1.29, 1.82) is 0 Å². The first-order valence-electron chi connectivity index (χ1n) is 8.53. The molecule has 0 amide bonds. The minimum absolute atomic E-state index is 0.134. The highest BCUT2D eigenvalue weighted by atomic mass is 19.1. The number of halogens is 1. The Balaban J connectivity index is 2.29. The lowest BCUT2D eigenvalue weighted by Gasteiger charge is -2.16. The van der Waals surface area contributed by atoms with Crippen molar-refractivity contribution >= 4 is 17.2 Å². The van der Waals surface area contributed by atoms with E-state index >= 15 is 0 Å². The van der Waals surface area contributed by atoms with Crippen LogP contribution in [0, 0.1) is 12.7 Å². The van der Waals surface area contributed by atoms with Crippen molar-refractivity contribution in [1.82, 2.24) is 14.8 Å². The van der Waals surface area contributed by atoms with Gasteiger partial charge in [0, 0.05) is 18.3 Å². The number of Topliss-reactive ketones (excluding diaryl/α,β-unsaturated/α-hetero) is 1. The largest absolute Gasteiger partial charge is 0.349 e. The Labute approximate surface area is 155 Å². The second-order valence-corrected chi connectivity index (χ2v) is 6.04. The fourth-order valence-corrected chi connectivity index (χ4v) is 2.80. The normalized spacial score (nSPS) is 10.7. The third-order valence-electron chi connectivity index (χ3n) is 4.19. The van der Waals surface area contributed by atoms with Crippen molar-refractivity contribution < 1.29 is 9.18 Å². The Bertz CT molecular complexity index is 1060. The van der Waals surface area contributed by atoms with Crippen molar-refractivity contribution in [3.8, 4) is 11.3 Å². The first-order valence-corrected chi connectivity index (χ1v) is 8.53. The molecule has 1 N–H and O–H groups in total. The van der Waals surface area contributed by atoms with Gasteiger partial charge in [-0.3, -0.25) is 14.6 Å². The van der Waals surface area contributed by atoms with Crippen LogP contribution in [-0.4, -0.2) is 20.5 Å². The van der Waals surface area contributed by atoms with Crippen molar-refractivity contribution in [2.45, 2.75) is 27.3 Å². The van der Waals surface area contributed by atoms with Crippen LogP contribution in [0.3, 0.4) is 0 Å². The smallest absolute Gasteiger partial charge is 0.291 e. The maximum atomic E-state index is 13.3. The van der Waals surface area contributed by atoms with Crippen LogP contribution in [0.1, 0.15) is 29.9 Å². The number of carbonyl (C=O) groups is 1. The molecule has 2 aromatic heterocycles. The van der Waals surface area contributed by atoms with Crippen molar-refractivity contribution in [2.24, 2.45) is 0 Å². The molecule has 138 valence electrons. The fraction of sp³-hybridized carbons (Fsp3) is 0.200. The topological polar surface area (TPSA) is 76.9 Å². The molecular weight excluding hydrogens is 347 g/mol. The summed E-state index contributed by atoms with van der Waals surface area (Å²) in [4.78, 5) is 29.5. The molecule has 0 spiro atoms. The van der Waals surface area contributed by atoms with Crippen molar-refractivity contribution in [3.63, 3.8) is 0 Å². The number of anilines is 2. The van der Waals surface area contributed by atoms with Gasteiger partial charge in [0.1, 0.15) is 17.2 Å². The van der Waals surface area contributed by atoms with E-state index in [1.165, 1.54) is 35.9 Å². The number of rotatable bonds is 5. The molecule has 0 aliphatic carbocycles. The summed E-state index contributed by atoms with van der Waals surface area (Å²) in [5.74, 6) is -0.706. The van der Waals surface area contributed by atoms with Crippen LogP contribution in [0.4, 0.5) is 15.8 Å². The number of hydrogen-bond donors (Lipinski definition) is 1. The molecule has 0 saturated heterocycles. The quantitative estimate of drug-likeness (QED) is 0.697. The van der Waals surface area contributed by atoms with Gasteiger partial charge in [-0.2, -0.15) is 5.10 Å². The number of nitrogens with one attached hydrogen (secondary N) is 1. The lowest BCUT2D eigenvalue weighted by Crippen LogP contribution is -2.28. The minimum Gasteiger partial charge on any atom is -0.349 e. The predicted molar refractivity (Wildman–Crippen MR) is 102 cm³/mol. The van der Waals surface area contributed by atoms with Crippen molar-refractivity contribution in [3.05, 3.63) is 70.0 Å². The van der Waals surface area contributed by atoms with E-state index in [4.69, 9.17) is 0 Å². The lowest BCUT2D eigenvalue weighted by atomic mass is 10.0. The Hall–Kier alpha value is -3.35. The summed E-state index contributed by atoms with van der Waals surface area (Å²) >= 11 is 0. The maximum absolute atomic E-state index is 13.3. The molecule has 0 radical (unpaired) electrons. The van der Waals surface area contributed by atoms with Crippen LogP contribution in [0.15, 0.2) is 47.4 Å². The highest BCUT2D eigenvalue weighted by Gasteiger charge is 2.22. The predicted octanol–water partition coefficient (Wildman–Crippen LogP) is 3.72. The summed E-state index contributed by atoms with van der Waals surface area (Å²) in [5, 5.41) is 7.40. The van der Waals surface area contributed by atoms with Crippen LogP contribution in [0.25, 0.3) is 11.3 Å². The zero-order valence-electron chi connectivity index (χ0n) is 15.3. The highest BCUT2D eigenvalue weighted by molar-refractivity contribution is 6.05. The first kappa shape index (κ1) is 18.4. The van der Waals surface area contributed by atoms with E-state index < -0.39 is 11.4 Å². The van der Waals surface area contributed by atoms with Gasteiger partial charge in [-0.05, 0) is 57.2 Å². The molecule has 2 heterocycles. The lowest BCUT2D eigenvalue weighted by molar-refractivity contribution is 0.101. The average molecular weight is 366 g/mol. The molecule has 0 bridgehead atoms. The van der Waals surface area contributed by atoms with Gasteiger partial charge in [0.05, 0.1) is 16.9 Å². The highest BCUT2D eigenvalue weighted by Crippen LogP contribution is 2.28. The van der Waals surface area contributed by atoms with Crippen LogP contribution >= 0.6 is 0 Å². The van der Waals surface area contributed by atoms with Gasteiger partial charge >= 0.3 is 0 Å². The van der Waals surface area contributed by atoms with Crippen LogP contribution in [0.5, 0.6) is 0 Å². The Kier molecular flexibility index (Phi) is 5.12. The summed E-state index contributed by atoms with van der Waals surface area (Å²) < 4.78 is 14.6. The summed E-state index contributed by atoms with van der Waals surface area (Å²) in [7, 11) is 0. The Morgan fingerprint density at radius 2 is 1.93 bits per heavy atom. The van der Waals surface area contributed by atoms with E-state index in [1.807, 2.05) is 0 Å². The molecule has 27 heavy (non-hydrogen) atoms. The number of carbonyl (C=O) groups excluding carboxylic acids is 1. The SMILES string of the molecule is CCn1nc(-c2ccc(F)cc2)c(C(C)=O)c(Nc2cccnc2C)c1=O. The molecule has 3 rings (SSSR count). The second-order valence-electron chi connectivity index (χ2n) is 6.04. The number of hydrogen-bond acceptors (Lipinski definition) is 5. The van der Waals surface area contributed by atoms with Gasteiger partial charge in [-0.15, -0.1) is 0 Å². The number of ketones is 1. The van der Waals surface area contributed by atoms with E-state index in [2.05, 4.69) is 15.4 Å². The van der Waals surface area contributed by atoms with E-state index in [-0.39, 0.29) is 17.0 Å². The van der Waals surface area contributed by atoms with Crippen LogP contribution in [-0.2, 0) is 6.54 Å². The number of aryl methyl sites for hydroxylation is 2. The fourth-order valence-electron chi connectivity index (χ4n) is 2.80. The molecule has 0 fully saturated rings. The second kappa shape index (κ2) is 7.49. The number of aromatic nitrogens is 3. The molecule has 7 heteroatoms. The third-order valence-corrected chi connectivity index (χ3v) is 4.19. The Morgan fingerprint density at radius 1 is 1.22 bits per heavy atom. The summed E-state index contributed by atoms with van der Waals surface area (Å²) in [6, 6.07) is 9.17. The zero-order chi connectivity index (χ0) is 19.6. The van der Waals surface area contributed by atoms with Gasteiger partial charge in [-0.1, -0.05) is 0 Å². The third kappa shape index (κ3) is 3.62. The monoisotopic (exact) mass is 366 g/mol. The number of nitrogens with zero attached hydrogens (tertiary/aromatic N) is 3. The summed E-state index contributed by atoms with van der Waals surface area (Å²) in [5.41, 5.74) is 2.08. The molecular formula is C20H19FN4O2. The molecule has 0 aliphatic rings. The first-order chi connectivity index (χ1) is 12.9. The van der Waals surface area contributed by atoms with Gasteiger partial charge < -0.3 is 5.32 Å². The molecule has 1 aromatic carbocycles. The van der Waals surface area contributed by atoms with Crippen LogP contribution in [0.2, 0.25) is 0 Å². The zero-order valence-corrected chi connectivity index (χ0v) is 15.3. The molecule has 0 saturated carbocycles. The molecule has 0 unspecified atom stereocenters. The van der Waals surface area contributed by atoms with Crippen LogP contribution < -0.4 is 10.9 Å². The van der Waals surface area contributed by atoms with E-state index in [0.717, 1.165) is 0 Å². The minimum atomic E-state index is -0.406. The number of benzene rings is 1. The molecule has 6 nitrogen and oxygen atoms in total. The number of pyridine rings is 1. The Morgan fingerprint density at radius 3 is 2.52 bits per heavy atom. The summed E-state index contributed by atoms with van der Waals surface area (Å²) in [6.45, 7) is 5.29. The van der Waals surface area contributed by atoms with E-state index in [9.17, 15) is 14.0 Å². The van der Waals surface area contributed by atoms with E-state index in [1.54, 1.807) is 32.2 Å². The standard InChI is InChI=1S/C20H19FN4O2/c1-4-25-20(27)19(23-16-6-5-11-22-12(16)2)17(13(3)26)18(24-25)14-7-9-15(21)10-8-14/h5-11,23H,4H2,1-3H3. The van der Waals surface area contributed by atoms with Gasteiger partial charge in [0.25, 0.3) is 5.56 Å². The van der Waals surface area contributed by atoms with Gasteiger partial charge in [0.2, 0.25) is 0 Å². The van der Waals surface area contributed by atoms with E-state index in [0.29, 0.717) is 29.2 Å². The molecule has 3 aromatic rings.